The van der Waals surface area contributed by atoms with E-state index in [-0.39, 0.29) is 0 Å². The van der Waals surface area contributed by atoms with Crippen molar-refractivity contribution in [3.63, 3.8) is 0 Å². The molecular weight excluding hydrogens is 360 g/mol. The van der Waals surface area contributed by atoms with Gasteiger partial charge in [0, 0.05) is 11.5 Å². The predicted octanol–water partition coefficient (Wildman–Crippen LogP) is 5.34. The molecule has 0 bridgehead atoms. The quantitative estimate of drug-likeness (QED) is 0.286. The van der Waals surface area contributed by atoms with Gasteiger partial charge in [0.1, 0.15) is 0 Å². The third-order valence-electron chi connectivity index (χ3n) is 6.43. The number of aliphatic hydroxyl groups is 2. The fourth-order valence-electron chi connectivity index (χ4n) is 4.60. The second-order valence-electron chi connectivity index (χ2n) is 8.16. The molecule has 0 aliphatic heterocycles. The molecular formula is C22H42O2S2. The highest BCUT2D eigenvalue weighted by molar-refractivity contribution is 7.99. The molecule has 0 radical (unpaired) electrons. The average molecular weight is 403 g/mol. The van der Waals surface area contributed by atoms with Gasteiger partial charge >= 0.3 is 0 Å². The Morgan fingerprint density at radius 3 is 2.42 bits per heavy atom. The summed E-state index contributed by atoms with van der Waals surface area (Å²) in [4.78, 5) is 0. The van der Waals surface area contributed by atoms with Crippen LogP contribution in [0.5, 0.6) is 0 Å². The summed E-state index contributed by atoms with van der Waals surface area (Å²) in [6, 6.07) is 0. The zero-order valence-corrected chi connectivity index (χ0v) is 18.9. The van der Waals surface area contributed by atoms with Gasteiger partial charge in [-0.2, -0.15) is 23.5 Å². The second-order valence-corrected chi connectivity index (χ2v) is 10.5. The summed E-state index contributed by atoms with van der Waals surface area (Å²) < 4.78 is 0. The molecule has 0 heterocycles. The standard InChI is InChI=1S/C22H42O2S2/c1-5-19(6-2)14-20(7-10-25-11-8-23)15-21-13-17(3)18(4)22(21)16-26-12-9-24/h5,17-24H,1,6-16H2,2-4H3. The molecule has 1 saturated carbocycles. The van der Waals surface area contributed by atoms with Crippen LogP contribution in [0.3, 0.4) is 0 Å². The van der Waals surface area contributed by atoms with Crippen LogP contribution in [0.15, 0.2) is 12.7 Å². The van der Waals surface area contributed by atoms with Crippen molar-refractivity contribution >= 4 is 23.5 Å². The van der Waals surface area contributed by atoms with E-state index in [2.05, 4.69) is 33.4 Å². The molecule has 0 spiro atoms. The molecule has 1 aliphatic rings. The number of rotatable bonds is 15. The van der Waals surface area contributed by atoms with Gasteiger partial charge < -0.3 is 10.2 Å². The van der Waals surface area contributed by atoms with Crippen molar-refractivity contribution in [2.75, 3.05) is 36.2 Å². The maximum Gasteiger partial charge on any atom is 0.0521 e. The van der Waals surface area contributed by atoms with E-state index in [0.717, 1.165) is 41.1 Å². The normalized spacial score (nSPS) is 28.2. The predicted molar refractivity (Wildman–Crippen MR) is 120 cm³/mol. The van der Waals surface area contributed by atoms with Gasteiger partial charge in [-0.1, -0.05) is 26.8 Å². The lowest BCUT2D eigenvalue weighted by Gasteiger charge is -2.28. The molecule has 1 rings (SSSR count). The first-order valence-electron chi connectivity index (χ1n) is 10.6. The summed E-state index contributed by atoms with van der Waals surface area (Å²) in [5.41, 5.74) is 0. The van der Waals surface area contributed by atoms with E-state index < -0.39 is 0 Å². The van der Waals surface area contributed by atoms with Crippen LogP contribution in [0.2, 0.25) is 0 Å². The Balaban J connectivity index is 2.66. The summed E-state index contributed by atoms with van der Waals surface area (Å²) in [7, 11) is 0. The summed E-state index contributed by atoms with van der Waals surface area (Å²) in [5.74, 6) is 8.80. The minimum Gasteiger partial charge on any atom is -0.396 e. The Morgan fingerprint density at radius 2 is 1.81 bits per heavy atom. The van der Waals surface area contributed by atoms with Crippen LogP contribution in [0.4, 0.5) is 0 Å². The summed E-state index contributed by atoms with van der Waals surface area (Å²) >= 11 is 3.83. The van der Waals surface area contributed by atoms with Gasteiger partial charge in [0.15, 0.2) is 0 Å². The van der Waals surface area contributed by atoms with Gasteiger partial charge in [-0.25, -0.2) is 0 Å². The van der Waals surface area contributed by atoms with E-state index in [1.54, 1.807) is 0 Å². The van der Waals surface area contributed by atoms with Crippen LogP contribution in [0.1, 0.15) is 52.9 Å². The Labute approximate surface area is 171 Å². The fourth-order valence-corrected chi connectivity index (χ4v) is 6.57. The lowest BCUT2D eigenvalue weighted by molar-refractivity contribution is 0.264. The number of hydrogen-bond donors (Lipinski definition) is 2. The highest BCUT2D eigenvalue weighted by Crippen LogP contribution is 2.46. The first kappa shape index (κ1) is 24.4. The van der Waals surface area contributed by atoms with Crippen LogP contribution in [0, 0.1) is 35.5 Å². The molecule has 0 saturated heterocycles. The Kier molecular flexibility index (Phi) is 13.5. The van der Waals surface area contributed by atoms with Crippen molar-refractivity contribution in [3.05, 3.63) is 12.7 Å². The average Bonchev–Trinajstić information content (AvgIpc) is 2.90. The Bertz CT molecular complexity index is 364. The molecule has 2 N–H and O–H groups in total. The van der Waals surface area contributed by atoms with Crippen LogP contribution < -0.4 is 0 Å². The largest absolute Gasteiger partial charge is 0.396 e. The zero-order valence-electron chi connectivity index (χ0n) is 17.2. The third-order valence-corrected chi connectivity index (χ3v) is 8.52. The summed E-state index contributed by atoms with van der Waals surface area (Å²) in [6.45, 7) is 11.8. The number of thioether (sulfide) groups is 2. The molecule has 0 aromatic carbocycles. The van der Waals surface area contributed by atoms with E-state index in [9.17, 15) is 0 Å². The fraction of sp³-hybridized carbons (Fsp3) is 0.909. The maximum atomic E-state index is 9.11. The Hall–Kier alpha value is 0.360. The summed E-state index contributed by atoms with van der Waals surface area (Å²) in [5, 5.41) is 18.1. The minimum absolute atomic E-state index is 0.293. The highest BCUT2D eigenvalue weighted by Gasteiger charge is 2.38. The molecule has 1 fully saturated rings. The molecule has 154 valence electrons. The van der Waals surface area contributed by atoms with Crippen molar-refractivity contribution < 1.29 is 10.2 Å². The zero-order chi connectivity index (χ0) is 19.4. The van der Waals surface area contributed by atoms with E-state index >= 15 is 0 Å². The van der Waals surface area contributed by atoms with Gasteiger partial charge in [-0.3, -0.25) is 0 Å². The lowest BCUT2D eigenvalue weighted by Crippen LogP contribution is -2.21. The highest BCUT2D eigenvalue weighted by atomic mass is 32.2. The van der Waals surface area contributed by atoms with E-state index in [4.69, 9.17) is 10.2 Å². The minimum atomic E-state index is 0.293. The van der Waals surface area contributed by atoms with Crippen LogP contribution in [-0.2, 0) is 0 Å². The van der Waals surface area contributed by atoms with Gasteiger partial charge in [-0.05, 0) is 79.1 Å². The second kappa shape index (κ2) is 14.4. The molecule has 0 aromatic heterocycles. The molecule has 0 aromatic rings. The molecule has 1 aliphatic carbocycles. The van der Waals surface area contributed by atoms with Gasteiger partial charge in [0.25, 0.3) is 0 Å². The molecule has 0 amide bonds. The lowest BCUT2D eigenvalue weighted by atomic mass is 9.80. The SMILES string of the molecule is C=CC(CC)CC(CCSCCO)CC1CC(C)C(C)C1CSCCO. The summed E-state index contributed by atoms with van der Waals surface area (Å²) in [6.07, 6.45) is 8.61. The molecule has 2 nitrogen and oxygen atoms in total. The number of hydrogen-bond acceptors (Lipinski definition) is 4. The molecule has 6 atom stereocenters. The van der Waals surface area contributed by atoms with Crippen LogP contribution in [-0.4, -0.2) is 46.4 Å². The van der Waals surface area contributed by atoms with Gasteiger partial charge in [0.05, 0.1) is 13.2 Å². The van der Waals surface area contributed by atoms with Crippen molar-refractivity contribution in [1.29, 1.82) is 0 Å². The van der Waals surface area contributed by atoms with Crippen molar-refractivity contribution in [1.82, 2.24) is 0 Å². The Morgan fingerprint density at radius 1 is 1.12 bits per heavy atom. The third kappa shape index (κ3) is 8.58. The van der Waals surface area contributed by atoms with Gasteiger partial charge in [-0.15, -0.1) is 6.58 Å². The van der Waals surface area contributed by atoms with Crippen LogP contribution >= 0.6 is 23.5 Å². The molecule has 4 heteroatoms. The smallest absolute Gasteiger partial charge is 0.0521 e. The number of aliphatic hydroxyl groups excluding tert-OH is 2. The van der Waals surface area contributed by atoms with Crippen molar-refractivity contribution in [3.8, 4) is 0 Å². The van der Waals surface area contributed by atoms with Crippen molar-refractivity contribution in [2.45, 2.75) is 52.9 Å². The topological polar surface area (TPSA) is 40.5 Å². The van der Waals surface area contributed by atoms with Crippen LogP contribution in [0.25, 0.3) is 0 Å². The van der Waals surface area contributed by atoms with E-state index in [0.29, 0.717) is 19.1 Å². The van der Waals surface area contributed by atoms with Crippen molar-refractivity contribution in [2.24, 2.45) is 35.5 Å². The molecule has 26 heavy (non-hydrogen) atoms. The van der Waals surface area contributed by atoms with E-state index in [1.807, 2.05) is 23.5 Å². The van der Waals surface area contributed by atoms with E-state index in [1.165, 1.54) is 43.6 Å². The number of allylic oxidation sites excluding steroid dienone is 1. The monoisotopic (exact) mass is 402 g/mol. The van der Waals surface area contributed by atoms with Gasteiger partial charge in [0.2, 0.25) is 0 Å². The first-order chi connectivity index (χ1) is 12.6. The first-order valence-corrected chi connectivity index (χ1v) is 12.9. The molecule has 6 unspecified atom stereocenters. The maximum absolute atomic E-state index is 9.11.